The van der Waals surface area contributed by atoms with Crippen molar-refractivity contribution < 1.29 is 8.42 Å². The van der Waals surface area contributed by atoms with Crippen LogP contribution in [0, 0.1) is 10.5 Å². The highest BCUT2D eigenvalue weighted by Crippen LogP contribution is 2.19. The van der Waals surface area contributed by atoms with E-state index in [1.807, 2.05) is 19.1 Å². The Morgan fingerprint density at radius 2 is 1.93 bits per heavy atom. The third kappa shape index (κ3) is 3.32. The minimum Gasteiger partial charge on any atom is -0.271 e. The predicted molar refractivity (Wildman–Crippen MR) is 70.1 cm³/mol. The number of hydrogen-bond acceptors (Lipinski definition) is 2. The molecule has 0 aliphatic rings. The lowest BCUT2D eigenvalue weighted by atomic mass is 10.2. The molecule has 0 bridgehead atoms. The van der Waals surface area contributed by atoms with E-state index in [4.69, 9.17) is 0 Å². The second-order valence-electron chi connectivity index (χ2n) is 3.35. The summed E-state index contributed by atoms with van der Waals surface area (Å²) in [7, 11) is -0.425. The summed E-state index contributed by atoms with van der Waals surface area (Å²) in [5.41, 5.74) is 1.52. The number of benzene rings is 1. The summed E-state index contributed by atoms with van der Waals surface area (Å²) < 4.78 is 27.8. The number of nitrogens with zero attached hydrogens (tertiary/aromatic N) is 1. The lowest BCUT2D eigenvalue weighted by Crippen LogP contribution is -2.29. The maximum atomic E-state index is 11.5. The summed E-state index contributed by atoms with van der Waals surface area (Å²) in [5, 5.41) is 0. The molecule has 6 heteroatoms. The van der Waals surface area contributed by atoms with E-state index in [0.29, 0.717) is 5.69 Å². The molecule has 0 unspecified atom stereocenters. The lowest BCUT2D eigenvalue weighted by Gasteiger charge is -2.14. The summed E-state index contributed by atoms with van der Waals surface area (Å²) in [6.45, 7) is 1.87. The average molecular weight is 340 g/mol. The normalized spacial score (nSPS) is 11.8. The van der Waals surface area contributed by atoms with Gasteiger partial charge in [0, 0.05) is 17.7 Å². The Morgan fingerprint density at radius 1 is 1.33 bits per heavy atom. The van der Waals surface area contributed by atoms with Crippen molar-refractivity contribution in [3.05, 3.63) is 27.3 Å². The molecule has 0 aliphatic heterocycles. The Bertz CT molecular complexity index is 457. The van der Waals surface area contributed by atoms with Gasteiger partial charge in [-0.05, 0) is 53.3 Å². The molecule has 0 amide bonds. The van der Waals surface area contributed by atoms with Gasteiger partial charge in [-0.25, -0.2) is 0 Å². The van der Waals surface area contributed by atoms with Crippen molar-refractivity contribution in [2.75, 3.05) is 18.8 Å². The van der Waals surface area contributed by atoms with Crippen LogP contribution in [0.5, 0.6) is 0 Å². The third-order valence-electron chi connectivity index (χ3n) is 1.91. The van der Waals surface area contributed by atoms with E-state index in [0.717, 1.165) is 13.4 Å². The van der Waals surface area contributed by atoms with Gasteiger partial charge in [-0.15, -0.1) is 0 Å². The Labute approximate surface area is 104 Å². The largest absolute Gasteiger partial charge is 0.301 e. The fourth-order valence-electron chi connectivity index (χ4n) is 0.972. The second kappa shape index (κ2) is 4.67. The van der Waals surface area contributed by atoms with Crippen LogP contribution in [0.15, 0.2) is 18.2 Å². The molecule has 0 fully saturated rings. The molecule has 0 aliphatic carbocycles. The zero-order valence-corrected chi connectivity index (χ0v) is 11.8. The molecule has 1 rings (SSSR count). The average Bonchev–Trinajstić information content (AvgIpc) is 2.09. The Balaban J connectivity index is 3.01. The molecule has 0 atom stereocenters. The molecule has 1 aromatic carbocycles. The van der Waals surface area contributed by atoms with Gasteiger partial charge in [0.15, 0.2) is 0 Å². The van der Waals surface area contributed by atoms with Crippen molar-refractivity contribution in [2.24, 2.45) is 0 Å². The van der Waals surface area contributed by atoms with Crippen LogP contribution in [-0.2, 0) is 10.2 Å². The molecule has 0 heterocycles. The van der Waals surface area contributed by atoms with Crippen LogP contribution in [0.1, 0.15) is 5.56 Å². The lowest BCUT2D eigenvalue weighted by molar-refractivity contribution is 0.527. The van der Waals surface area contributed by atoms with E-state index in [2.05, 4.69) is 27.3 Å². The van der Waals surface area contributed by atoms with Crippen LogP contribution < -0.4 is 4.72 Å². The highest BCUT2D eigenvalue weighted by Gasteiger charge is 2.13. The molecule has 0 saturated heterocycles. The Morgan fingerprint density at radius 3 is 2.40 bits per heavy atom. The van der Waals surface area contributed by atoms with E-state index in [1.54, 1.807) is 6.07 Å². The first-order valence-electron chi connectivity index (χ1n) is 4.29. The molecule has 0 radical (unpaired) electrons. The molecule has 0 aromatic heterocycles. The first kappa shape index (κ1) is 12.7. The minimum atomic E-state index is -3.41. The Kier molecular flexibility index (Phi) is 3.96. The van der Waals surface area contributed by atoms with E-state index in [1.165, 1.54) is 14.1 Å². The van der Waals surface area contributed by atoms with Crippen LogP contribution in [0.2, 0.25) is 0 Å². The molecular formula is C9H13IN2O2S. The number of anilines is 1. The summed E-state index contributed by atoms with van der Waals surface area (Å²) in [5.74, 6) is 0. The molecule has 4 nitrogen and oxygen atoms in total. The fraction of sp³-hybridized carbons (Fsp3) is 0.333. The van der Waals surface area contributed by atoms with Gasteiger partial charge in [0.2, 0.25) is 0 Å². The number of rotatable bonds is 3. The summed E-state index contributed by atoms with van der Waals surface area (Å²) in [4.78, 5) is 0. The van der Waals surface area contributed by atoms with Crippen molar-refractivity contribution >= 4 is 38.5 Å². The fourth-order valence-corrected chi connectivity index (χ4v) is 2.31. The van der Waals surface area contributed by atoms with Gasteiger partial charge in [-0.3, -0.25) is 4.72 Å². The highest BCUT2D eigenvalue weighted by molar-refractivity contribution is 14.1. The van der Waals surface area contributed by atoms with Crippen LogP contribution in [0.4, 0.5) is 5.69 Å². The Hall–Kier alpha value is -0.340. The van der Waals surface area contributed by atoms with Gasteiger partial charge >= 0.3 is 10.2 Å². The first-order chi connectivity index (χ1) is 6.83. The van der Waals surface area contributed by atoms with Gasteiger partial charge in [-0.2, -0.15) is 12.7 Å². The molecule has 15 heavy (non-hydrogen) atoms. The maximum Gasteiger partial charge on any atom is 0.301 e. The zero-order valence-electron chi connectivity index (χ0n) is 8.78. The van der Waals surface area contributed by atoms with Crippen LogP contribution >= 0.6 is 22.6 Å². The van der Waals surface area contributed by atoms with Gasteiger partial charge in [0.1, 0.15) is 0 Å². The van der Waals surface area contributed by atoms with Crippen molar-refractivity contribution in [1.29, 1.82) is 0 Å². The predicted octanol–water partition coefficient (Wildman–Crippen LogP) is 1.82. The molecule has 1 N–H and O–H groups in total. The van der Waals surface area contributed by atoms with E-state index >= 15 is 0 Å². The van der Waals surface area contributed by atoms with E-state index in [9.17, 15) is 8.42 Å². The number of aryl methyl sites for hydroxylation is 1. The maximum absolute atomic E-state index is 11.5. The van der Waals surface area contributed by atoms with E-state index < -0.39 is 10.2 Å². The van der Waals surface area contributed by atoms with Crippen molar-refractivity contribution in [3.63, 3.8) is 0 Å². The van der Waals surface area contributed by atoms with Crippen LogP contribution in [-0.4, -0.2) is 26.8 Å². The molecule has 0 saturated carbocycles. The highest BCUT2D eigenvalue weighted by atomic mass is 127. The van der Waals surface area contributed by atoms with Gasteiger partial charge in [0.25, 0.3) is 0 Å². The van der Waals surface area contributed by atoms with Crippen LogP contribution in [0.25, 0.3) is 0 Å². The van der Waals surface area contributed by atoms with E-state index in [-0.39, 0.29) is 0 Å². The van der Waals surface area contributed by atoms with Crippen molar-refractivity contribution in [1.82, 2.24) is 4.31 Å². The smallest absolute Gasteiger partial charge is 0.271 e. The molecule has 1 aromatic rings. The standard InChI is InChI=1S/C9H13IN2O2S/c1-7-6-8(10)4-5-9(7)11-15(13,14)12(2)3/h4-6,11H,1-3H3. The molecular weight excluding hydrogens is 327 g/mol. The van der Waals surface area contributed by atoms with Gasteiger partial charge in [-0.1, -0.05) is 0 Å². The third-order valence-corrected chi connectivity index (χ3v) is 4.02. The quantitative estimate of drug-likeness (QED) is 0.854. The first-order valence-corrected chi connectivity index (χ1v) is 6.81. The molecule has 84 valence electrons. The van der Waals surface area contributed by atoms with Gasteiger partial charge in [0.05, 0.1) is 5.69 Å². The number of nitrogens with one attached hydrogen (secondary N) is 1. The summed E-state index contributed by atoms with van der Waals surface area (Å²) >= 11 is 2.19. The monoisotopic (exact) mass is 340 g/mol. The number of halogens is 1. The SMILES string of the molecule is Cc1cc(I)ccc1NS(=O)(=O)N(C)C. The van der Waals surface area contributed by atoms with Crippen molar-refractivity contribution in [3.8, 4) is 0 Å². The van der Waals surface area contributed by atoms with Crippen LogP contribution in [0.3, 0.4) is 0 Å². The van der Waals surface area contributed by atoms with Gasteiger partial charge < -0.3 is 0 Å². The topological polar surface area (TPSA) is 49.4 Å². The summed E-state index contributed by atoms with van der Waals surface area (Å²) in [6, 6.07) is 5.55. The second-order valence-corrected chi connectivity index (χ2v) is 6.48. The summed E-state index contributed by atoms with van der Waals surface area (Å²) in [6.07, 6.45) is 0. The number of hydrogen-bond donors (Lipinski definition) is 1. The van der Waals surface area contributed by atoms with Crippen molar-refractivity contribution in [2.45, 2.75) is 6.92 Å². The molecule has 0 spiro atoms. The minimum absolute atomic E-state index is 0.615. The zero-order chi connectivity index (χ0) is 11.6.